The molecular formula is C7H11NO3. The van der Waals surface area contributed by atoms with Gasteiger partial charge in [-0.3, -0.25) is 4.79 Å². The average Bonchev–Trinajstić information content (AvgIpc) is 1.97. The van der Waals surface area contributed by atoms with Gasteiger partial charge in [0.05, 0.1) is 0 Å². The van der Waals surface area contributed by atoms with E-state index in [2.05, 4.69) is 0 Å². The van der Waals surface area contributed by atoms with Crippen LogP contribution in [0.4, 0.5) is 0 Å². The van der Waals surface area contributed by atoms with Crippen molar-refractivity contribution in [1.82, 2.24) is 0 Å². The zero-order valence-corrected chi connectivity index (χ0v) is 6.12. The van der Waals surface area contributed by atoms with Crippen molar-refractivity contribution in [2.24, 2.45) is 5.73 Å². The van der Waals surface area contributed by atoms with Gasteiger partial charge in [0.1, 0.15) is 0 Å². The molecule has 62 valence electrons. The van der Waals surface area contributed by atoms with Crippen molar-refractivity contribution in [1.29, 1.82) is 0 Å². The molecule has 3 N–H and O–H groups in total. The molecule has 0 atom stereocenters. The van der Waals surface area contributed by atoms with Crippen molar-refractivity contribution >= 4 is 11.8 Å². The van der Waals surface area contributed by atoms with E-state index >= 15 is 0 Å². The van der Waals surface area contributed by atoms with Crippen molar-refractivity contribution < 1.29 is 14.7 Å². The molecule has 0 unspecified atom stereocenters. The zero-order valence-electron chi connectivity index (χ0n) is 6.12. The molecule has 4 nitrogen and oxygen atoms in total. The van der Waals surface area contributed by atoms with E-state index in [1.54, 1.807) is 0 Å². The number of carboxylic acids is 1. The van der Waals surface area contributed by atoms with Crippen LogP contribution in [0, 0.1) is 0 Å². The van der Waals surface area contributed by atoms with Crippen molar-refractivity contribution in [3.05, 3.63) is 12.2 Å². The van der Waals surface area contributed by atoms with E-state index in [-0.39, 0.29) is 0 Å². The lowest BCUT2D eigenvalue weighted by molar-refractivity contribution is -0.146. The summed E-state index contributed by atoms with van der Waals surface area (Å²) in [7, 11) is 0. The van der Waals surface area contributed by atoms with Crippen LogP contribution >= 0.6 is 0 Å². The highest BCUT2D eigenvalue weighted by Crippen LogP contribution is 1.88. The van der Waals surface area contributed by atoms with Crippen LogP contribution in [-0.2, 0) is 9.59 Å². The SMILES string of the molecule is NCCCC=CC(=O)C(=O)O. The highest BCUT2D eigenvalue weighted by atomic mass is 16.4. The molecule has 0 aromatic rings. The smallest absolute Gasteiger partial charge is 0.376 e. The van der Waals surface area contributed by atoms with Gasteiger partial charge in [-0.15, -0.1) is 0 Å². The molecular weight excluding hydrogens is 146 g/mol. The molecule has 0 saturated heterocycles. The summed E-state index contributed by atoms with van der Waals surface area (Å²) >= 11 is 0. The Morgan fingerprint density at radius 3 is 2.55 bits per heavy atom. The maximum Gasteiger partial charge on any atom is 0.376 e. The second kappa shape index (κ2) is 5.61. The first-order valence-electron chi connectivity index (χ1n) is 3.32. The van der Waals surface area contributed by atoms with E-state index in [1.165, 1.54) is 6.08 Å². The minimum absolute atomic E-state index is 0.547. The minimum atomic E-state index is -1.42. The van der Waals surface area contributed by atoms with E-state index in [4.69, 9.17) is 10.8 Å². The Hall–Kier alpha value is -1.16. The topological polar surface area (TPSA) is 80.4 Å². The monoisotopic (exact) mass is 157 g/mol. The summed E-state index contributed by atoms with van der Waals surface area (Å²) in [5.74, 6) is -2.31. The van der Waals surface area contributed by atoms with Crippen LogP contribution in [0.1, 0.15) is 12.8 Å². The maximum atomic E-state index is 10.4. The second-order valence-corrected chi connectivity index (χ2v) is 2.00. The molecule has 0 aliphatic rings. The Morgan fingerprint density at radius 1 is 1.45 bits per heavy atom. The summed E-state index contributed by atoms with van der Waals surface area (Å²) in [4.78, 5) is 20.3. The van der Waals surface area contributed by atoms with Crippen LogP contribution in [0.15, 0.2) is 12.2 Å². The molecule has 0 radical (unpaired) electrons. The minimum Gasteiger partial charge on any atom is -0.475 e. The van der Waals surface area contributed by atoms with Gasteiger partial charge in [0.15, 0.2) is 0 Å². The number of nitrogens with two attached hydrogens (primary N) is 1. The number of allylic oxidation sites excluding steroid dienone is 1. The van der Waals surface area contributed by atoms with Crippen molar-refractivity contribution in [3.8, 4) is 0 Å². The molecule has 0 aliphatic carbocycles. The van der Waals surface area contributed by atoms with Crippen LogP contribution in [-0.4, -0.2) is 23.4 Å². The third kappa shape index (κ3) is 5.29. The largest absolute Gasteiger partial charge is 0.475 e. The number of hydrogen-bond acceptors (Lipinski definition) is 3. The van der Waals surface area contributed by atoms with E-state index in [0.717, 1.165) is 12.5 Å². The van der Waals surface area contributed by atoms with Crippen LogP contribution < -0.4 is 5.73 Å². The normalized spacial score (nSPS) is 10.3. The number of carbonyl (C=O) groups is 2. The first-order valence-corrected chi connectivity index (χ1v) is 3.32. The number of unbranched alkanes of at least 4 members (excludes halogenated alkanes) is 1. The quantitative estimate of drug-likeness (QED) is 0.332. The first-order chi connectivity index (χ1) is 5.18. The Balaban J connectivity index is 3.57. The second-order valence-electron chi connectivity index (χ2n) is 2.00. The lowest BCUT2D eigenvalue weighted by Crippen LogP contribution is -2.08. The predicted octanol–water partition coefficient (Wildman–Crippen LogP) is -0.0648. The number of carbonyl (C=O) groups excluding carboxylic acids is 1. The molecule has 0 aliphatic heterocycles. The number of aliphatic carboxylic acids is 1. The fourth-order valence-electron chi connectivity index (χ4n) is 0.497. The van der Waals surface area contributed by atoms with E-state index in [1.807, 2.05) is 0 Å². The molecule has 11 heavy (non-hydrogen) atoms. The third-order valence-corrected chi connectivity index (χ3v) is 1.05. The lowest BCUT2D eigenvalue weighted by atomic mass is 10.2. The number of carboxylic acid groups (broad SMARTS) is 1. The van der Waals surface area contributed by atoms with Gasteiger partial charge in [-0.1, -0.05) is 6.08 Å². The lowest BCUT2D eigenvalue weighted by Gasteiger charge is -1.87. The van der Waals surface area contributed by atoms with Gasteiger partial charge in [0, 0.05) is 0 Å². The van der Waals surface area contributed by atoms with Crippen molar-refractivity contribution in [3.63, 3.8) is 0 Å². The van der Waals surface area contributed by atoms with Crippen LogP contribution in [0.5, 0.6) is 0 Å². The maximum absolute atomic E-state index is 10.4. The van der Waals surface area contributed by atoms with Crippen LogP contribution in [0.2, 0.25) is 0 Å². The molecule has 4 heteroatoms. The highest BCUT2D eigenvalue weighted by Gasteiger charge is 2.04. The van der Waals surface area contributed by atoms with Gasteiger partial charge in [-0.2, -0.15) is 0 Å². The molecule has 0 aromatic carbocycles. The molecule has 0 rings (SSSR count). The molecule has 0 fully saturated rings. The zero-order chi connectivity index (χ0) is 8.69. The van der Waals surface area contributed by atoms with Gasteiger partial charge < -0.3 is 10.8 Å². The van der Waals surface area contributed by atoms with Crippen molar-refractivity contribution in [2.45, 2.75) is 12.8 Å². The first kappa shape index (κ1) is 9.84. The van der Waals surface area contributed by atoms with Crippen LogP contribution in [0.3, 0.4) is 0 Å². The standard InChI is InChI=1S/C7H11NO3/c8-5-3-1-2-4-6(9)7(10)11/h2,4H,1,3,5,8H2,(H,10,11). The van der Waals surface area contributed by atoms with Crippen molar-refractivity contribution in [2.75, 3.05) is 6.54 Å². The van der Waals surface area contributed by atoms with E-state index in [9.17, 15) is 9.59 Å². The van der Waals surface area contributed by atoms with E-state index < -0.39 is 11.8 Å². The number of ketones is 1. The average molecular weight is 157 g/mol. The summed E-state index contributed by atoms with van der Waals surface area (Å²) in [5, 5.41) is 8.11. The van der Waals surface area contributed by atoms with Gasteiger partial charge in [0.2, 0.25) is 0 Å². The predicted molar refractivity (Wildman–Crippen MR) is 40.1 cm³/mol. The Kier molecular flexibility index (Phi) is 5.02. The van der Waals surface area contributed by atoms with E-state index in [0.29, 0.717) is 13.0 Å². The molecule has 0 heterocycles. The van der Waals surface area contributed by atoms with Crippen LogP contribution in [0.25, 0.3) is 0 Å². The Morgan fingerprint density at radius 2 is 2.09 bits per heavy atom. The summed E-state index contributed by atoms with van der Waals surface area (Å²) in [5.41, 5.74) is 5.17. The van der Waals surface area contributed by atoms with Gasteiger partial charge in [-0.25, -0.2) is 4.79 Å². The summed E-state index contributed by atoms with van der Waals surface area (Å²) < 4.78 is 0. The summed E-state index contributed by atoms with van der Waals surface area (Å²) in [6.45, 7) is 0.547. The third-order valence-electron chi connectivity index (χ3n) is 1.05. The molecule has 0 spiro atoms. The molecule has 0 aromatic heterocycles. The number of rotatable bonds is 5. The Bertz CT molecular complexity index is 175. The highest BCUT2D eigenvalue weighted by molar-refractivity contribution is 6.37. The molecule has 0 amide bonds. The Labute approximate surface area is 64.7 Å². The number of hydrogen-bond donors (Lipinski definition) is 2. The van der Waals surface area contributed by atoms with Gasteiger partial charge in [0.25, 0.3) is 5.78 Å². The summed E-state index contributed by atoms with van der Waals surface area (Å²) in [6.07, 6.45) is 3.99. The molecule has 0 saturated carbocycles. The fourth-order valence-corrected chi connectivity index (χ4v) is 0.497. The fraction of sp³-hybridized carbons (Fsp3) is 0.429. The summed E-state index contributed by atoms with van der Waals surface area (Å²) in [6, 6.07) is 0. The molecule has 0 bridgehead atoms. The van der Waals surface area contributed by atoms with Gasteiger partial charge in [-0.05, 0) is 25.5 Å². The van der Waals surface area contributed by atoms with Gasteiger partial charge >= 0.3 is 5.97 Å².